The van der Waals surface area contributed by atoms with Gasteiger partial charge in [0.2, 0.25) is 0 Å². The Morgan fingerprint density at radius 2 is 2.00 bits per heavy atom. The third kappa shape index (κ3) is 2.50. The molecular weight excluding hydrogens is 224 g/mol. The Hall–Kier alpha value is -0.730. The zero-order valence-corrected chi connectivity index (χ0v) is 11.1. The van der Waals surface area contributed by atoms with Crippen LogP contribution in [0.5, 0.6) is 5.75 Å². The van der Waals surface area contributed by atoms with Crippen LogP contribution in [0.4, 0.5) is 0 Å². The molecule has 0 aliphatic heterocycles. The smallest absolute Gasteiger partial charge is 0.128 e. The van der Waals surface area contributed by atoms with E-state index in [2.05, 4.69) is 0 Å². The number of aliphatic hydroxyl groups excluding tert-OH is 1. The lowest BCUT2D eigenvalue weighted by Crippen LogP contribution is -2.06. The summed E-state index contributed by atoms with van der Waals surface area (Å²) in [7, 11) is 0. The number of benzene rings is 1. The zero-order valence-electron chi connectivity index (χ0n) is 10.3. The summed E-state index contributed by atoms with van der Waals surface area (Å²) in [5.41, 5.74) is 2.71. The average Bonchev–Trinajstić information content (AvgIpc) is 2.25. The lowest BCUT2D eigenvalue weighted by atomic mass is 9.97. The van der Waals surface area contributed by atoms with Gasteiger partial charge in [-0.25, -0.2) is 0 Å². The van der Waals surface area contributed by atoms with E-state index in [9.17, 15) is 5.11 Å². The van der Waals surface area contributed by atoms with Crippen molar-refractivity contribution in [2.45, 2.75) is 40.2 Å². The summed E-state index contributed by atoms with van der Waals surface area (Å²) in [6, 6.07) is 1.88. The second-order valence-corrected chi connectivity index (χ2v) is 4.31. The van der Waals surface area contributed by atoms with Gasteiger partial charge in [-0.05, 0) is 44.4 Å². The summed E-state index contributed by atoms with van der Waals surface area (Å²) in [6.45, 7) is 8.33. The van der Waals surface area contributed by atoms with Crippen molar-refractivity contribution >= 4 is 11.6 Å². The van der Waals surface area contributed by atoms with Gasteiger partial charge in [0.25, 0.3) is 0 Å². The topological polar surface area (TPSA) is 29.5 Å². The van der Waals surface area contributed by atoms with Crippen molar-refractivity contribution in [2.24, 2.45) is 0 Å². The van der Waals surface area contributed by atoms with Gasteiger partial charge in [-0.3, -0.25) is 0 Å². The number of aryl methyl sites for hydroxylation is 1. The molecule has 0 radical (unpaired) electrons. The van der Waals surface area contributed by atoms with Crippen LogP contribution in [0.2, 0.25) is 5.02 Å². The van der Waals surface area contributed by atoms with Crippen LogP contribution >= 0.6 is 11.6 Å². The summed E-state index contributed by atoms with van der Waals surface area (Å²) in [5.74, 6) is 0.777. The predicted molar refractivity (Wildman–Crippen MR) is 67.3 cm³/mol. The fourth-order valence-corrected chi connectivity index (χ4v) is 2.08. The lowest BCUT2D eigenvalue weighted by molar-refractivity contribution is 0.167. The number of halogens is 1. The summed E-state index contributed by atoms with van der Waals surface area (Å²) >= 11 is 6.13. The van der Waals surface area contributed by atoms with Crippen molar-refractivity contribution in [1.82, 2.24) is 0 Å². The van der Waals surface area contributed by atoms with Crippen molar-refractivity contribution in [3.8, 4) is 5.75 Å². The molecule has 0 saturated carbocycles. The molecule has 0 saturated heterocycles. The minimum absolute atomic E-state index is 0.515. The van der Waals surface area contributed by atoms with Crippen LogP contribution in [0, 0.1) is 13.8 Å². The number of hydrogen-bond donors (Lipinski definition) is 1. The molecular formula is C13H19ClO2. The molecule has 0 bridgehead atoms. The summed E-state index contributed by atoms with van der Waals surface area (Å²) in [5, 5.41) is 10.7. The van der Waals surface area contributed by atoms with Crippen LogP contribution in [0.15, 0.2) is 6.07 Å². The van der Waals surface area contributed by atoms with Gasteiger partial charge in [0, 0.05) is 10.6 Å². The molecule has 1 unspecified atom stereocenters. The minimum atomic E-state index is -0.515. The van der Waals surface area contributed by atoms with E-state index in [1.165, 1.54) is 0 Å². The highest BCUT2D eigenvalue weighted by molar-refractivity contribution is 6.31. The first kappa shape index (κ1) is 13.3. The van der Waals surface area contributed by atoms with Gasteiger partial charge in [-0.2, -0.15) is 0 Å². The molecule has 0 aliphatic rings. The van der Waals surface area contributed by atoms with Crippen LogP contribution in [-0.2, 0) is 0 Å². The highest BCUT2D eigenvalue weighted by Gasteiger charge is 2.19. The van der Waals surface area contributed by atoms with Gasteiger partial charge < -0.3 is 9.84 Å². The number of hydrogen-bond acceptors (Lipinski definition) is 2. The van der Waals surface area contributed by atoms with Crippen molar-refractivity contribution in [1.29, 1.82) is 0 Å². The molecule has 1 aromatic carbocycles. The van der Waals surface area contributed by atoms with E-state index >= 15 is 0 Å². The molecule has 1 aromatic rings. The van der Waals surface area contributed by atoms with Crippen LogP contribution < -0.4 is 4.74 Å². The van der Waals surface area contributed by atoms with E-state index in [-0.39, 0.29) is 0 Å². The van der Waals surface area contributed by atoms with Crippen molar-refractivity contribution in [2.75, 3.05) is 6.61 Å². The number of rotatable bonds is 4. The molecule has 90 valence electrons. The molecule has 3 heteroatoms. The standard InChI is InChI=1S/C13H19ClO2/c1-5-11(15)12-9(4)10(14)7-8(3)13(12)16-6-2/h7,11,15H,5-6H2,1-4H3. The highest BCUT2D eigenvalue weighted by Crippen LogP contribution is 2.37. The van der Waals surface area contributed by atoms with E-state index in [1.807, 2.05) is 33.8 Å². The lowest BCUT2D eigenvalue weighted by Gasteiger charge is -2.20. The van der Waals surface area contributed by atoms with Gasteiger partial charge in [-0.1, -0.05) is 18.5 Å². The quantitative estimate of drug-likeness (QED) is 0.870. The Morgan fingerprint density at radius 3 is 2.50 bits per heavy atom. The van der Waals surface area contributed by atoms with Gasteiger partial charge in [0.1, 0.15) is 5.75 Å². The Bertz CT molecular complexity index is 375. The molecule has 1 rings (SSSR count). The molecule has 16 heavy (non-hydrogen) atoms. The van der Waals surface area contributed by atoms with Crippen molar-refractivity contribution < 1.29 is 9.84 Å². The predicted octanol–water partition coefficient (Wildman–Crippen LogP) is 3.80. The van der Waals surface area contributed by atoms with Crippen molar-refractivity contribution in [3.63, 3.8) is 0 Å². The molecule has 0 aromatic heterocycles. The fourth-order valence-electron chi connectivity index (χ4n) is 1.82. The first-order chi connectivity index (χ1) is 7.52. The largest absolute Gasteiger partial charge is 0.493 e. The SMILES string of the molecule is CCOc1c(C)cc(Cl)c(C)c1C(O)CC. The zero-order chi connectivity index (χ0) is 12.3. The molecule has 0 amide bonds. The number of ether oxygens (including phenoxy) is 1. The Labute approximate surface area is 102 Å². The van der Waals surface area contributed by atoms with Gasteiger partial charge in [0.15, 0.2) is 0 Å². The fraction of sp³-hybridized carbons (Fsp3) is 0.538. The van der Waals surface area contributed by atoms with Crippen LogP contribution in [0.1, 0.15) is 43.1 Å². The maximum absolute atomic E-state index is 10.0. The van der Waals surface area contributed by atoms with Gasteiger partial charge in [0.05, 0.1) is 12.7 Å². The first-order valence-corrected chi connectivity index (χ1v) is 6.01. The van der Waals surface area contributed by atoms with E-state index < -0.39 is 6.10 Å². The van der Waals surface area contributed by atoms with Crippen LogP contribution in [0.25, 0.3) is 0 Å². The first-order valence-electron chi connectivity index (χ1n) is 5.63. The Balaban J connectivity index is 3.38. The van der Waals surface area contributed by atoms with Crippen LogP contribution in [0.3, 0.4) is 0 Å². The summed E-state index contributed by atoms with van der Waals surface area (Å²) in [4.78, 5) is 0. The normalized spacial score (nSPS) is 12.6. The molecule has 1 N–H and O–H groups in total. The molecule has 0 aliphatic carbocycles. The second-order valence-electron chi connectivity index (χ2n) is 3.90. The van der Waals surface area contributed by atoms with E-state index in [1.54, 1.807) is 0 Å². The van der Waals surface area contributed by atoms with Gasteiger partial charge >= 0.3 is 0 Å². The van der Waals surface area contributed by atoms with Crippen molar-refractivity contribution in [3.05, 3.63) is 27.8 Å². The third-order valence-electron chi connectivity index (χ3n) is 2.72. The summed E-state index contributed by atoms with van der Waals surface area (Å²) < 4.78 is 5.61. The van der Waals surface area contributed by atoms with Gasteiger partial charge in [-0.15, -0.1) is 0 Å². The number of aliphatic hydroxyl groups is 1. The van der Waals surface area contributed by atoms with E-state index in [4.69, 9.17) is 16.3 Å². The molecule has 0 fully saturated rings. The van der Waals surface area contributed by atoms with E-state index in [0.29, 0.717) is 18.1 Å². The molecule has 1 atom stereocenters. The summed E-state index contributed by atoms with van der Waals surface area (Å²) in [6.07, 6.45) is 0.139. The minimum Gasteiger partial charge on any atom is -0.493 e. The Morgan fingerprint density at radius 1 is 1.38 bits per heavy atom. The monoisotopic (exact) mass is 242 g/mol. The Kier molecular flexibility index (Phi) is 4.63. The molecule has 2 nitrogen and oxygen atoms in total. The maximum Gasteiger partial charge on any atom is 0.128 e. The molecule has 0 spiro atoms. The maximum atomic E-state index is 10.0. The third-order valence-corrected chi connectivity index (χ3v) is 3.11. The highest BCUT2D eigenvalue weighted by atomic mass is 35.5. The molecule has 0 heterocycles. The van der Waals surface area contributed by atoms with E-state index in [0.717, 1.165) is 22.4 Å². The second kappa shape index (κ2) is 5.55. The average molecular weight is 243 g/mol. The van der Waals surface area contributed by atoms with Crippen LogP contribution in [-0.4, -0.2) is 11.7 Å².